The molecule has 0 aromatic heterocycles. The molecule has 2 aromatic carbocycles. The number of carboxylic acid groups (broad SMARTS) is 2. The molecule has 1 unspecified atom stereocenters. The molecule has 0 saturated carbocycles. The molecule has 26 heavy (non-hydrogen) atoms. The standard InChI is InChI=1S/C22H26O4/c1-4-15(3)14-22(5-2,18-10-6-16(7-11-18)20(23)24)19-12-8-17(9-13-19)21(25)26/h6-13,15H,4-5,14H2,1-3H3,(H,23,24)(H,25,26). The summed E-state index contributed by atoms with van der Waals surface area (Å²) in [4.78, 5) is 22.3. The predicted molar refractivity (Wildman–Crippen MR) is 102 cm³/mol. The molecule has 4 heteroatoms. The summed E-state index contributed by atoms with van der Waals surface area (Å²) in [5.74, 6) is -1.40. The lowest BCUT2D eigenvalue weighted by Gasteiger charge is -2.36. The Labute approximate surface area is 154 Å². The Morgan fingerprint density at radius 2 is 1.23 bits per heavy atom. The molecule has 4 nitrogen and oxygen atoms in total. The van der Waals surface area contributed by atoms with Gasteiger partial charge >= 0.3 is 11.9 Å². The first-order valence-electron chi connectivity index (χ1n) is 9.01. The van der Waals surface area contributed by atoms with Crippen molar-refractivity contribution in [1.82, 2.24) is 0 Å². The zero-order valence-corrected chi connectivity index (χ0v) is 15.5. The second-order valence-corrected chi connectivity index (χ2v) is 6.92. The van der Waals surface area contributed by atoms with Crippen LogP contribution in [0.15, 0.2) is 48.5 Å². The second kappa shape index (κ2) is 8.17. The smallest absolute Gasteiger partial charge is 0.335 e. The van der Waals surface area contributed by atoms with Crippen LogP contribution in [0.2, 0.25) is 0 Å². The summed E-state index contributed by atoms with van der Waals surface area (Å²) in [5, 5.41) is 18.3. The number of carboxylic acids is 2. The van der Waals surface area contributed by atoms with Crippen LogP contribution < -0.4 is 0 Å². The number of aromatic carboxylic acids is 2. The molecule has 0 saturated heterocycles. The topological polar surface area (TPSA) is 74.6 Å². The SMILES string of the molecule is CCC(C)CC(CC)(c1ccc(C(=O)O)cc1)c1ccc(C(=O)O)cc1. The van der Waals surface area contributed by atoms with E-state index in [0.29, 0.717) is 5.92 Å². The van der Waals surface area contributed by atoms with Crippen LogP contribution in [0, 0.1) is 5.92 Å². The van der Waals surface area contributed by atoms with Crippen molar-refractivity contribution >= 4 is 11.9 Å². The first-order chi connectivity index (χ1) is 12.3. The fraction of sp³-hybridized carbons (Fsp3) is 0.364. The summed E-state index contributed by atoms with van der Waals surface area (Å²) in [6.45, 7) is 6.49. The van der Waals surface area contributed by atoms with E-state index in [0.717, 1.165) is 30.4 Å². The van der Waals surface area contributed by atoms with Gasteiger partial charge in [-0.25, -0.2) is 9.59 Å². The van der Waals surface area contributed by atoms with Crippen LogP contribution in [0.3, 0.4) is 0 Å². The monoisotopic (exact) mass is 354 g/mol. The van der Waals surface area contributed by atoms with Crippen LogP contribution in [-0.2, 0) is 5.41 Å². The molecule has 2 aromatic rings. The molecule has 0 aliphatic heterocycles. The van der Waals surface area contributed by atoms with Gasteiger partial charge in [0.2, 0.25) is 0 Å². The molecule has 0 radical (unpaired) electrons. The van der Waals surface area contributed by atoms with Gasteiger partial charge in [0.25, 0.3) is 0 Å². The zero-order chi connectivity index (χ0) is 19.3. The van der Waals surface area contributed by atoms with Crippen molar-refractivity contribution in [2.45, 2.75) is 45.4 Å². The molecule has 138 valence electrons. The molecule has 0 aliphatic carbocycles. The van der Waals surface area contributed by atoms with E-state index in [1.165, 1.54) is 0 Å². The largest absolute Gasteiger partial charge is 0.478 e. The van der Waals surface area contributed by atoms with Gasteiger partial charge in [0.05, 0.1) is 11.1 Å². The summed E-state index contributed by atoms with van der Waals surface area (Å²) < 4.78 is 0. The van der Waals surface area contributed by atoms with Crippen LogP contribution in [0.25, 0.3) is 0 Å². The van der Waals surface area contributed by atoms with Crippen molar-refractivity contribution < 1.29 is 19.8 Å². The highest BCUT2D eigenvalue weighted by molar-refractivity contribution is 5.88. The van der Waals surface area contributed by atoms with E-state index >= 15 is 0 Å². The van der Waals surface area contributed by atoms with Crippen molar-refractivity contribution in [2.24, 2.45) is 5.92 Å². The van der Waals surface area contributed by atoms with Crippen LogP contribution in [0.5, 0.6) is 0 Å². The maximum absolute atomic E-state index is 11.2. The molecule has 0 amide bonds. The van der Waals surface area contributed by atoms with Crippen LogP contribution in [0.1, 0.15) is 71.9 Å². The number of hydrogen-bond acceptors (Lipinski definition) is 2. The number of benzene rings is 2. The van der Waals surface area contributed by atoms with Gasteiger partial charge in [-0.15, -0.1) is 0 Å². The second-order valence-electron chi connectivity index (χ2n) is 6.92. The molecule has 2 N–H and O–H groups in total. The fourth-order valence-corrected chi connectivity index (χ4v) is 3.56. The van der Waals surface area contributed by atoms with E-state index < -0.39 is 11.9 Å². The molecular formula is C22H26O4. The van der Waals surface area contributed by atoms with Gasteiger partial charge in [-0.1, -0.05) is 51.5 Å². The van der Waals surface area contributed by atoms with Gasteiger partial charge in [-0.05, 0) is 54.2 Å². The fourth-order valence-electron chi connectivity index (χ4n) is 3.56. The molecule has 2 rings (SSSR count). The van der Waals surface area contributed by atoms with E-state index in [2.05, 4.69) is 20.8 Å². The van der Waals surface area contributed by atoms with Crippen molar-refractivity contribution in [3.8, 4) is 0 Å². The number of carbonyl (C=O) groups is 2. The highest BCUT2D eigenvalue weighted by atomic mass is 16.4. The summed E-state index contributed by atoms with van der Waals surface area (Å²) in [7, 11) is 0. The van der Waals surface area contributed by atoms with Crippen molar-refractivity contribution in [3.63, 3.8) is 0 Å². The molecular weight excluding hydrogens is 328 g/mol. The third kappa shape index (κ3) is 3.96. The summed E-state index contributed by atoms with van der Waals surface area (Å²) >= 11 is 0. The van der Waals surface area contributed by atoms with E-state index in [1.54, 1.807) is 24.3 Å². The lowest BCUT2D eigenvalue weighted by molar-refractivity contribution is 0.0686. The minimum Gasteiger partial charge on any atom is -0.478 e. The van der Waals surface area contributed by atoms with Gasteiger partial charge < -0.3 is 10.2 Å². The third-order valence-electron chi connectivity index (χ3n) is 5.37. The number of rotatable bonds is 8. The molecule has 0 fully saturated rings. The first kappa shape index (κ1) is 19.7. The normalized spacial score (nSPS) is 12.6. The van der Waals surface area contributed by atoms with Gasteiger partial charge in [0.1, 0.15) is 0 Å². The molecule has 0 heterocycles. The minimum atomic E-state index is -0.939. The van der Waals surface area contributed by atoms with E-state index in [1.807, 2.05) is 24.3 Å². The molecule has 0 aliphatic rings. The van der Waals surface area contributed by atoms with Gasteiger partial charge in [-0.2, -0.15) is 0 Å². The van der Waals surface area contributed by atoms with Crippen molar-refractivity contribution in [3.05, 3.63) is 70.8 Å². The van der Waals surface area contributed by atoms with Crippen molar-refractivity contribution in [2.75, 3.05) is 0 Å². The van der Waals surface area contributed by atoms with Gasteiger partial charge in [0.15, 0.2) is 0 Å². The lowest BCUT2D eigenvalue weighted by atomic mass is 9.67. The predicted octanol–water partition coefficient (Wildman–Crippen LogP) is 5.22. The third-order valence-corrected chi connectivity index (χ3v) is 5.37. The molecule has 0 spiro atoms. The maximum Gasteiger partial charge on any atom is 0.335 e. The van der Waals surface area contributed by atoms with E-state index in [9.17, 15) is 9.59 Å². The highest BCUT2D eigenvalue weighted by Crippen LogP contribution is 2.42. The zero-order valence-electron chi connectivity index (χ0n) is 15.5. The Kier molecular flexibility index (Phi) is 6.19. The van der Waals surface area contributed by atoms with Crippen LogP contribution >= 0.6 is 0 Å². The average Bonchev–Trinajstić information content (AvgIpc) is 2.66. The Bertz CT molecular complexity index is 702. The van der Waals surface area contributed by atoms with Crippen molar-refractivity contribution in [1.29, 1.82) is 0 Å². The lowest BCUT2D eigenvalue weighted by Crippen LogP contribution is -2.29. The Morgan fingerprint density at radius 1 is 0.846 bits per heavy atom. The summed E-state index contributed by atoms with van der Waals surface area (Å²) in [5.41, 5.74) is 2.39. The maximum atomic E-state index is 11.2. The van der Waals surface area contributed by atoms with Crippen LogP contribution in [0.4, 0.5) is 0 Å². The van der Waals surface area contributed by atoms with Gasteiger partial charge in [0, 0.05) is 5.41 Å². The Morgan fingerprint density at radius 3 is 1.50 bits per heavy atom. The van der Waals surface area contributed by atoms with E-state index in [-0.39, 0.29) is 16.5 Å². The highest BCUT2D eigenvalue weighted by Gasteiger charge is 2.34. The van der Waals surface area contributed by atoms with Crippen LogP contribution in [-0.4, -0.2) is 22.2 Å². The van der Waals surface area contributed by atoms with E-state index in [4.69, 9.17) is 10.2 Å². The number of hydrogen-bond donors (Lipinski definition) is 2. The molecule has 1 atom stereocenters. The first-order valence-corrected chi connectivity index (χ1v) is 9.01. The Hall–Kier alpha value is -2.62. The quantitative estimate of drug-likeness (QED) is 0.682. The Balaban J connectivity index is 2.56. The average molecular weight is 354 g/mol. The summed E-state index contributed by atoms with van der Waals surface area (Å²) in [6.07, 6.45) is 2.80. The molecule has 0 bridgehead atoms. The summed E-state index contributed by atoms with van der Waals surface area (Å²) in [6, 6.07) is 14.1. The minimum absolute atomic E-state index is 0.267. The van der Waals surface area contributed by atoms with Gasteiger partial charge in [-0.3, -0.25) is 0 Å².